The van der Waals surface area contributed by atoms with Crippen LogP contribution < -0.4 is 10.6 Å². The van der Waals surface area contributed by atoms with Crippen LogP contribution in [0.3, 0.4) is 0 Å². The van der Waals surface area contributed by atoms with Crippen LogP contribution in [-0.4, -0.2) is 73.2 Å². The van der Waals surface area contributed by atoms with Crippen molar-refractivity contribution in [1.82, 2.24) is 10.6 Å². The molecule has 6 heteroatoms. The van der Waals surface area contributed by atoms with Gasteiger partial charge in [-0.05, 0) is 19.8 Å². The van der Waals surface area contributed by atoms with Crippen molar-refractivity contribution in [2.45, 2.75) is 116 Å². The van der Waals surface area contributed by atoms with E-state index in [4.69, 9.17) is 0 Å². The Bertz CT molecular complexity index is 411. The normalized spacial score (nSPS) is 15.0. The monoisotopic (exact) mass is 430 g/mol. The maximum Gasteiger partial charge on any atom is 0.219 e. The highest BCUT2D eigenvalue weighted by Gasteiger charge is 2.30. The lowest BCUT2D eigenvalue weighted by Gasteiger charge is -2.38. The lowest BCUT2D eigenvalue weighted by Crippen LogP contribution is -2.61. The van der Waals surface area contributed by atoms with Gasteiger partial charge < -0.3 is 20.0 Å². The van der Waals surface area contributed by atoms with Gasteiger partial charge in [-0.15, -0.1) is 0 Å². The number of amides is 1. The Morgan fingerprint density at radius 3 is 1.83 bits per heavy atom. The number of likely N-dealkylation sites (N-methyl/N-ethyl adjacent to an activating group) is 1. The van der Waals surface area contributed by atoms with Crippen LogP contribution in [0.1, 0.15) is 97.3 Å². The molecule has 0 radical (unpaired) electrons. The summed E-state index contributed by atoms with van der Waals surface area (Å²) in [5.74, 6) is 0.0984. The van der Waals surface area contributed by atoms with Crippen molar-refractivity contribution in [3.8, 4) is 0 Å². The first kappa shape index (κ1) is 29.3. The molecule has 0 aromatic heterocycles. The fourth-order valence-corrected chi connectivity index (χ4v) is 3.90. The molecule has 0 bridgehead atoms. The van der Waals surface area contributed by atoms with Crippen molar-refractivity contribution >= 4 is 5.91 Å². The highest BCUT2D eigenvalue weighted by molar-refractivity contribution is 5.75. The van der Waals surface area contributed by atoms with E-state index in [1.54, 1.807) is 6.92 Å². The Balaban J connectivity index is 3.76. The Kier molecular flexibility index (Phi) is 17.5. The molecule has 0 aliphatic heterocycles. The highest BCUT2D eigenvalue weighted by atomic mass is 16.3. The van der Waals surface area contributed by atoms with E-state index in [2.05, 4.69) is 17.6 Å². The molecule has 0 aromatic carbocycles. The molecular formula is C24H52N3O3+. The average molecular weight is 431 g/mol. The first-order valence-electron chi connectivity index (χ1n) is 12.3. The Labute approximate surface area is 186 Å². The number of carbonyl (C=O) groups is 1. The molecule has 0 spiro atoms. The number of rotatable bonds is 20. The van der Waals surface area contributed by atoms with Crippen molar-refractivity contribution in [3.63, 3.8) is 0 Å². The molecule has 0 aromatic rings. The Hall–Kier alpha value is -0.690. The summed E-state index contributed by atoms with van der Waals surface area (Å²) in [7, 11) is 6.02. The van der Waals surface area contributed by atoms with E-state index in [0.717, 1.165) is 12.8 Å². The number of nitrogens with zero attached hydrogens (tertiary/aromatic N) is 1. The zero-order valence-electron chi connectivity index (χ0n) is 20.6. The minimum absolute atomic E-state index is 0.0162. The van der Waals surface area contributed by atoms with Gasteiger partial charge in [-0.25, -0.2) is 0 Å². The van der Waals surface area contributed by atoms with Crippen LogP contribution in [0.2, 0.25) is 0 Å². The SMILES string of the molecule is CCCCCCCCCCCCCC(=O)NCCC(CO)NC(C(C)O)[N+](C)(C)C. The van der Waals surface area contributed by atoms with E-state index >= 15 is 0 Å². The number of nitrogens with one attached hydrogen (secondary N) is 2. The number of aliphatic hydroxyl groups is 2. The number of carbonyl (C=O) groups excluding carboxylic acids is 1. The molecule has 0 heterocycles. The summed E-state index contributed by atoms with van der Waals surface area (Å²) < 4.78 is 0.555. The van der Waals surface area contributed by atoms with Crippen molar-refractivity contribution < 1.29 is 19.5 Å². The third kappa shape index (κ3) is 16.1. The Morgan fingerprint density at radius 2 is 1.40 bits per heavy atom. The topological polar surface area (TPSA) is 81.6 Å². The van der Waals surface area contributed by atoms with E-state index < -0.39 is 6.10 Å². The summed E-state index contributed by atoms with van der Waals surface area (Å²) in [6.45, 7) is 4.53. The van der Waals surface area contributed by atoms with E-state index in [1.807, 2.05) is 21.1 Å². The molecule has 0 saturated carbocycles. The second-order valence-electron chi connectivity index (χ2n) is 9.77. The molecule has 1 amide bonds. The first-order chi connectivity index (χ1) is 14.2. The van der Waals surface area contributed by atoms with Crippen molar-refractivity contribution in [2.75, 3.05) is 34.3 Å². The molecule has 180 valence electrons. The van der Waals surface area contributed by atoms with Crippen molar-refractivity contribution in [1.29, 1.82) is 0 Å². The molecule has 0 fully saturated rings. The van der Waals surface area contributed by atoms with Crippen LogP contribution in [0.5, 0.6) is 0 Å². The standard InChI is InChI=1S/C24H51N3O3/c1-6-7-8-9-10-11-12-13-14-15-16-17-23(30)25-19-18-22(20-28)26-24(21(2)29)27(3,4)5/h21-22,24,26,28-29H,6-20H2,1-5H3/p+1. The van der Waals surface area contributed by atoms with Crippen molar-refractivity contribution in [2.24, 2.45) is 0 Å². The van der Waals surface area contributed by atoms with Crippen LogP contribution >= 0.6 is 0 Å². The summed E-state index contributed by atoms with van der Waals surface area (Å²) in [6.07, 6.45) is 14.6. The van der Waals surface area contributed by atoms with Crippen molar-refractivity contribution in [3.05, 3.63) is 0 Å². The summed E-state index contributed by atoms with van der Waals surface area (Å²) in [6, 6.07) is -0.149. The fraction of sp³-hybridized carbons (Fsp3) is 0.958. The molecular weight excluding hydrogens is 378 g/mol. The quantitative estimate of drug-likeness (QED) is 0.135. The van der Waals surface area contributed by atoms with Gasteiger partial charge in [-0.3, -0.25) is 10.1 Å². The fourth-order valence-electron chi connectivity index (χ4n) is 3.90. The summed E-state index contributed by atoms with van der Waals surface area (Å²) in [5.41, 5.74) is 0. The third-order valence-electron chi connectivity index (χ3n) is 5.74. The number of hydrogen-bond donors (Lipinski definition) is 4. The molecule has 3 atom stereocenters. The second kappa shape index (κ2) is 17.9. The number of hydrogen-bond acceptors (Lipinski definition) is 4. The smallest absolute Gasteiger partial charge is 0.219 e. The van der Waals surface area contributed by atoms with Gasteiger partial charge in [0.15, 0.2) is 6.17 Å². The van der Waals surface area contributed by atoms with Crippen LogP contribution in [0.15, 0.2) is 0 Å². The number of quaternary nitrogens is 1. The van der Waals surface area contributed by atoms with Crippen LogP contribution in [0.25, 0.3) is 0 Å². The average Bonchev–Trinajstić information content (AvgIpc) is 2.67. The molecule has 30 heavy (non-hydrogen) atoms. The van der Waals surface area contributed by atoms with Gasteiger partial charge in [-0.2, -0.15) is 0 Å². The molecule has 6 nitrogen and oxygen atoms in total. The first-order valence-corrected chi connectivity index (χ1v) is 12.3. The minimum Gasteiger partial charge on any atom is -0.395 e. The van der Waals surface area contributed by atoms with Gasteiger partial charge in [0.05, 0.1) is 27.7 Å². The van der Waals surface area contributed by atoms with Gasteiger partial charge in [0, 0.05) is 19.0 Å². The van der Waals surface area contributed by atoms with Crippen LogP contribution in [0.4, 0.5) is 0 Å². The maximum absolute atomic E-state index is 12.0. The molecule has 0 saturated heterocycles. The lowest BCUT2D eigenvalue weighted by molar-refractivity contribution is -0.903. The van der Waals surface area contributed by atoms with E-state index in [1.165, 1.54) is 57.8 Å². The Morgan fingerprint density at radius 1 is 0.900 bits per heavy atom. The van der Waals surface area contributed by atoms with Gasteiger partial charge in [0.25, 0.3) is 0 Å². The van der Waals surface area contributed by atoms with E-state index in [-0.39, 0.29) is 24.7 Å². The maximum atomic E-state index is 12.0. The molecule has 4 N–H and O–H groups in total. The molecule has 0 aliphatic carbocycles. The predicted molar refractivity (Wildman–Crippen MR) is 126 cm³/mol. The van der Waals surface area contributed by atoms with Gasteiger partial charge >= 0.3 is 0 Å². The van der Waals surface area contributed by atoms with Crippen LogP contribution in [0, 0.1) is 0 Å². The summed E-state index contributed by atoms with van der Waals surface area (Å²) >= 11 is 0. The van der Waals surface area contributed by atoms with E-state index in [9.17, 15) is 15.0 Å². The minimum atomic E-state index is -0.533. The van der Waals surface area contributed by atoms with E-state index in [0.29, 0.717) is 23.9 Å². The molecule has 3 unspecified atom stereocenters. The van der Waals surface area contributed by atoms with Gasteiger partial charge in [-0.1, -0.05) is 71.1 Å². The number of unbranched alkanes of at least 4 members (excludes halogenated alkanes) is 10. The summed E-state index contributed by atoms with van der Waals surface area (Å²) in [5, 5.41) is 25.9. The van der Waals surface area contributed by atoms with Gasteiger partial charge in [0.2, 0.25) is 5.91 Å². The lowest BCUT2D eigenvalue weighted by atomic mass is 10.1. The molecule has 0 rings (SSSR count). The molecule has 0 aliphatic rings. The predicted octanol–water partition coefficient (Wildman–Crippen LogP) is 3.56. The largest absolute Gasteiger partial charge is 0.395 e. The van der Waals surface area contributed by atoms with Crippen LogP contribution in [-0.2, 0) is 4.79 Å². The zero-order valence-corrected chi connectivity index (χ0v) is 20.6. The summed E-state index contributed by atoms with van der Waals surface area (Å²) in [4.78, 5) is 12.0. The second-order valence-corrected chi connectivity index (χ2v) is 9.77. The zero-order chi connectivity index (χ0) is 22.8. The van der Waals surface area contributed by atoms with Gasteiger partial charge in [0.1, 0.15) is 6.10 Å². The number of aliphatic hydroxyl groups excluding tert-OH is 2. The third-order valence-corrected chi connectivity index (χ3v) is 5.74. The highest BCUT2D eigenvalue weighted by Crippen LogP contribution is 2.12.